The summed E-state index contributed by atoms with van der Waals surface area (Å²) in [5, 5.41) is 13.9. The number of carbonyl (C=O) groups is 1. The maximum atomic E-state index is 12.6. The summed E-state index contributed by atoms with van der Waals surface area (Å²) in [5.41, 5.74) is 2.61. The number of pyridine rings is 2. The lowest BCUT2D eigenvalue weighted by molar-refractivity contribution is -0.143. The van der Waals surface area contributed by atoms with E-state index < -0.39 is 38.9 Å². The lowest BCUT2D eigenvalue weighted by Crippen LogP contribution is -2.35. The number of rotatable bonds is 12. The third kappa shape index (κ3) is 8.29. The number of carbonyl (C=O) groups excluding carboxylic acids is 1. The second-order valence-electron chi connectivity index (χ2n) is 10.8. The van der Waals surface area contributed by atoms with Crippen molar-refractivity contribution in [3.05, 3.63) is 36.9 Å². The monoisotopic (exact) mass is 536 g/mol. The Morgan fingerprint density at radius 2 is 1.92 bits per heavy atom. The van der Waals surface area contributed by atoms with Crippen LogP contribution in [0.3, 0.4) is 0 Å². The van der Waals surface area contributed by atoms with Crippen LogP contribution in [0, 0.1) is 5.92 Å². The molecule has 3 rings (SSSR count). The number of hydrogen-bond acceptors (Lipinski definition) is 6. The number of hydrogen-bond donors (Lipinski definition) is 2. The first-order valence-corrected chi connectivity index (χ1v) is 16.0. The Balaban J connectivity index is 1.86. The number of Topliss-reactive ketones (excluding diaryl/α,β-unsaturated/α-hetero) is 1. The van der Waals surface area contributed by atoms with Crippen molar-refractivity contribution in [2.45, 2.75) is 71.3 Å². The van der Waals surface area contributed by atoms with E-state index in [1.807, 2.05) is 10.8 Å². The zero-order chi connectivity index (χ0) is 27.4. The highest BCUT2D eigenvalue weighted by molar-refractivity contribution is 6.76. The molecule has 1 unspecified atom stereocenters. The van der Waals surface area contributed by atoms with E-state index in [4.69, 9.17) is 4.74 Å². The molecule has 202 valence electrons. The van der Waals surface area contributed by atoms with Crippen LogP contribution < -0.4 is 5.32 Å². The Hall–Kier alpha value is -2.92. The van der Waals surface area contributed by atoms with Crippen molar-refractivity contribution in [3.63, 3.8) is 0 Å². The van der Waals surface area contributed by atoms with E-state index in [2.05, 4.69) is 34.9 Å². The first kappa shape index (κ1) is 28.6. The predicted molar refractivity (Wildman–Crippen MR) is 141 cm³/mol. The van der Waals surface area contributed by atoms with Crippen LogP contribution in [-0.2, 0) is 16.3 Å². The molecule has 3 heterocycles. The quantitative estimate of drug-likeness (QED) is 0.204. The van der Waals surface area contributed by atoms with Gasteiger partial charge in [-0.25, -0.2) is 4.98 Å². The van der Waals surface area contributed by atoms with Gasteiger partial charge in [0.1, 0.15) is 18.1 Å². The van der Waals surface area contributed by atoms with Crippen LogP contribution in [-0.4, -0.2) is 52.3 Å². The maximum absolute atomic E-state index is 12.6. The zero-order valence-corrected chi connectivity index (χ0v) is 22.9. The minimum atomic E-state index is -4.38. The van der Waals surface area contributed by atoms with Crippen molar-refractivity contribution in [3.8, 4) is 16.9 Å². The van der Waals surface area contributed by atoms with Crippen LogP contribution in [0.5, 0.6) is 5.75 Å². The zero-order valence-electron chi connectivity index (χ0n) is 21.9. The number of fused-ring (bicyclic) bond motifs is 1. The highest BCUT2D eigenvalue weighted by Crippen LogP contribution is 2.33. The molecule has 0 spiro atoms. The standard InChI is InChI=1S/C26H35F3N4O3Si/c1-17(2)24(23(35)6-7-26(27,28)29)32-19-10-18(12-30-13-19)22-15-33(16-36-8-9-37(3,4)5)25-21(22)11-20(34)14-31-25/h10-15,17,24,32,34H,6-9,16H2,1-5H3. The van der Waals surface area contributed by atoms with Crippen molar-refractivity contribution in [2.24, 2.45) is 5.92 Å². The van der Waals surface area contributed by atoms with Crippen molar-refractivity contribution in [2.75, 3.05) is 11.9 Å². The first-order chi connectivity index (χ1) is 17.2. The number of ether oxygens (including phenoxy) is 1. The molecule has 0 aliphatic carbocycles. The minimum Gasteiger partial charge on any atom is -0.506 e. The van der Waals surface area contributed by atoms with E-state index in [-0.39, 0.29) is 11.7 Å². The molecule has 0 aromatic carbocycles. The molecule has 2 N–H and O–H groups in total. The summed E-state index contributed by atoms with van der Waals surface area (Å²) < 4.78 is 45.7. The van der Waals surface area contributed by atoms with Gasteiger partial charge < -0.3 is 19.7 Å². The van der Waals surface area contributed by atoms with Crippen LogP contribution >= 0.6 is 0 Å². The van der Waals surface area contributed by atoms with Gasteiger partial charge in [0, 0.05) is 56.2 Å². The van der Waals surface area contributed by atoms with Gasteiger partial charge in [0.05, 0.1) is 24.3 Å². The lowest BCUT2D eigenvalue weighted by atomic mass is 9.96. The molecule has 0 amide bonds. The van der Waals surface area contributed by atoms with Crippen LogP contribution in [0.1, 0.15) is 26.7 Å². The predicted octanol–water partition coefficient (Wildman–Crippen LogP) is 6.46. The number of alkyl halides is 3. The summed E-state index contributed by atoms with van der Waals surface area (Å²) in [4.78, 5) is 21.2. The summed E-state index contributed by atoms with van der Waals surface area (Å²) in [7, 11) is -1.23. The molecule has 0 saturated heterocycles. The molecule has 11 heteroatoms. The second-order valence-corrected chi connectivity index (χ2v) is 16.5. The Morgan fingerprint density at radius 1 is 1.19 bits per heavy atom. The van der Waals surface area contributed by atoms with Crippen LogP contribution in [0.15, 0.2) is 36.9 Å². The fraction of sp³-hybridized carbons (Fsp3) is 0.500. The van der Waals surface area contributed by atoms with Crippen molar-refractivity contribution >= 4 is 30.6 Å². The van der Waals surface area contributed by atoms with Gasteiger partial charge in [0.25, 0.3) is 0 Å². The van der Waals surface area contributed by atoms with Gasteiger partial charge in [-0.1, -0.05) is 33.5 Å². The summed E-state index contributed by atoms with van der Waals surface area (Å²) >= 11 is 0. The van der Waals surface area contributed by atoms with Gasteiger partial charge in [-0.2, -0.15) is 13.2 Å². The largest absolute Gasteiger partial charge is 0.506 e. The SMILES string of the molecule is CC(C)C(Nc1cncc(-c2cn(COCC[Si](C)(C)C)c3ncc(O)cc23)c1)C(=O)CCC(F)(F)F. The fourth-order valence-electron chi connectivity index (χ4n) is 3.91. The molecule has 1 atom stereocenters. The third-order valence-corrected chi connectivity index (χ3v) is 7.67. The highest BCUT2D eigenvalue weighted by Gasteiger charge is 2.31. The smallest absolute Gasteiger partial charge is 0.389 e. The van der Waals surface area contributed by atoms with Gasteiger partial charge in [-0.05, 0) is 24.1 Å². The Labute approximate surface area is 216 Å². The van der Waals surface area contributed by atoms with Crippen LogP contribution in [0.2, 0.25) is 25.7 Å². The summed E-state index contributed by atoms with van der Waals surface area (Å²) in [6.07, 6.45) is 0.320. The molecule has 0 aliphatic rings. The average molecular weight is 537 g/mol. The molecular formula is C26H35F3N4O3Si. The van der Waals surface area contributed by atoms with Gasteiger partial charge in [-0.3, -0.25) is 9.78 Å². The van der Waals surface area contributed by atoms with Gasteiger partial charge in [-0.15, -0.1) is 0 Å². The third-order valence-electron chi connectivity index (χ3n) is 5.97. The van der Waals surface area contributed by atoms with Gasteiger partial charge in [0.15, 0.2) is 5.78 Å². The summed E-state index contributed by atoms with van der Waals surface area (Å²) in [5.74, 6) is -0.705. The summed E-state index contributed by atoms with van der Waals surface area (Å²) in [6.45, 7) is 11.4. The van der Waals surface area contributed by atoms with E-state index >= 15 is 0 Å². The Bertz CT molecular complexity index is 1220. The normalized spacial score (nSPS) is 13.3. The van der Waals surface area contributed by atoms with Crippen molar-refractivity contribution in [1.29, 1.82) is 0 Å². The maximum Gasteiger partial charge on any atom is 0.389 e. The molecule has 3 aromatic rings. The minimum absolute atomic E-state index is 0.0172. The topological polar surface area (TPSA) is 89.3 Å². The Kier molecular flexibility index (Phi) is 9.01. The number of aromatic hydroxyl groups is 1. The molecule has 0 fully saturated rings. The van der Waals surface area contributed by atoms with E-state index in [9.17, 15) is 23.1 Å². The second kappa shape index (κ2) is 11.6. The van der Waals surface area contributed by atoms with Gasteiger partial charge in [0.2, 0.25) is 0 Å². The fourth-order valence-corrected chi connectivity index (χ4v) is 4.67. The van der Waals surface area contributed by atoms with E-state index in [1.165, 1.54) is 12.4 Å². The molecular weight excluding hydrogens is 501 g/mol. The molecule has 7 nitrogen and oxygen atoms in total. The number of halogens is 3. The number of anilines is 1. The first-order valence-electron chi connectivity index (χ1n) is 12.3. The molecule has 0 saturated carbocycles. The van der Waals surface area contributed by atoms with Gasteiger partial charge >= 0.3 is 6.18 Å². The molecule has 37 heavy (non-hydrogen) atoms. The number of ketones is 1. The number of nitrogens with zero attached hydrogens (tertiary/aromatic N) is 3. The van der Waals surface area contributed by atoms with Crippen LogP contribution in [0.4, 0.5) is 18.9 Å². The molecule has 0 bridgehead atoms. The highest BCUT2D eigenvalue weighted by atomic mass is 28.3. The van der Waals surface area contributed by atoms with Crippen molar-refractivity contribution < 1.29 is 27.8 Å². The molecule has 0 radical (unpaired) electrons. The number of nitrogens with one attached hydrogen (secondary N) is 1. The van der Waals surface area contributed by atoms with E-state index in [0.717, 1.165) is 11.6 Å². The summed E-state index contributed by atoms with van der Waals surface area (Å²) in [6, 6.07) is 3.65. The van der Waals surface area contributed by atoms with Crippen molar-refractivity contribution in [1.82, 2.24) is 14.5 Å². The van der Waals surface area contributed by atoms with E-state index in [1.54, 1.807) is 32.2 Å². The van der Waals surface area contributed by atoms with E-state index in [0.29, 0.717) is 35.6 Å². The lowest BCUT2D eigenvalue weighted by Gasteiger charge is -2.22. The number of aromatic nitrogens is 3. The average Bonchev–Trinajstić information content (AvgIpc) is 3.15. The van der Waals surface area contributed by atoms with Crippen LogP contribution in [0.25, 0.3) is 22.2 Å². The Morgan fingerprint density at radius 3 is 2.57 bits per heavy atom. The molecule has 0 aliphatic heterocycles. The molecule has 3 aromatic heterocycles.